The van der Waals surface area contributed by atoms with E-state index >= 15 is 0 Å². The number of likely N-dealkylation sites (N-methyl/N-ethyl adjacent to an activating group) is 1. The molecule has 1 aromatic carbocycles. The first-order valence-corrected chi connectivity index (χ1v) is 7.03. The Labute approximate surface area is 121 Å². The Morgan fingerprint density at radius 1 is 1.25 bits per heavy atom. The fraction of sp³-hybridized carbons (Fsp3) is 0.500. The van der Waals surface area contributed by atoms with Gasteiger partial charge in [-0.05, 0) is 23.6 Å². The number of aromatic nitrogens is 3. The molecule has 0 radical (unpaired) electrons. The Morgan fingerprint density at radius 2 is 1.95 bits per heavy atom. The van der Waals surface area contributed by atoms with Gasteiger partial charge < -0.3 is 5.32 Å². The molecule has 0 fully saturated rings. The number of aryl methyl sites for hydroxylation is 1. The fourth-order valence-electron chi connectivity index (χ4n) is 2.54. The second kappa shape index (κ2) is 5.75. The van der Waals surface area contributed by atoms with E-state index in [1.54, 1.807) is 6.33 Å². The number of hydrogen-bond acceptors (Lipinski definition) is 3. The second-order valence-electron chi connectivity index (χ2n) is 6.18. The van der Waals surface area contributed by atoms with Gasteiger partial charge in [-0.3, -0.25) is 4.68 Å². The first-order chi connectivity index (χ1) is 9.43. The van der Waals surface area contributed by atoms with Crippen LogP contribution in [0.1, 0.15) is 43.8 Å². The molecule has 0 spiro atoms. The quantitative estimate of drug-likeness (QED) is 0.930. The molecule has 0 aliphatic rings. The standard InChI is InChI=1S/C16H24N4/c1-16(2,3)13-9-7-6-8-12(13)14(17-4)10-15-18-11-19-20(15)5/h6-9,11,14,17H,10H2,1-5H3. The van der Waals surface area contributed by atoms with E-state index in [1.807, 2.05) is 18.8 Å². The van der Waals surface area contributed by atoms with Gasteiger partial charge in [0.15, 0.2) is 0 Å². The summed E-state index contributed by atoms with van der Waals surface area (Å²) < 4.78 is 1.84. The van der Waals surface area contributed by atoms with Gasteiger partial charge in [0.1, 0.15) is 12.2 Å². The summed E-state index contributed by atoms with van der Waals surface area (Å²) in [7, 11) is 3.94. The molecule has 0 saturated heterocycles. The Hall–Kier alpha value is -1.68. The van der Waals surface area contributed by atoms with Crippen LogP contribution in [0.25, 0.3) is 0 Å². The van der Waals surface area contributed by atoms with Gasteiger partial charge in [0.25, 0.3) is 0 Å². The predicted molar refractivity (Wildman–Crippen MR) is 81.6 cm³/mol. The second-order valence-corrected chi connectivity index (χ2v) is 6.18. The van der Waals surface area contributed by atoms with E-state index in [0.717, 1.165) is 12.2 Å². The van der Waals surface area contributed by atoms with Crippen LogP contribution < -0.4 is 5.32 Å². The third-order valence-corrected chi connectivity index (χ3v) is 3.68. The zero-order chi connectivity index (χ0) is 14.8. The Kier molecular flexibility index (Phi) is 4.23. The smallest absolute Gasteiger partial charge is 0.138 e. The molecule has 0 bridgehead atoms. The molecule has 1 unspecified atom stereocenters. The largest absolute Gasteiger partial charge is 0.313 e. The van der Waals surface area contributed by atoms with Crippen LogP contribution >= 0.6 is 0 Å². The molecule has 2 aromatic rings. The van der Waals surface area contributed by atoms with Crippen LogP contribution in [0, 0.1) is 0 Å². The lowest BCUT2D eigenvalue weighted by Gasteiger charge is -2.27. The maximum atomic E-state index is 4.33. The molecule has 4 heteroatoms. The van der Waals surface area contributed by atoms with E-state index in [4.69, 9.17) is 0 Å². The van der Waals surface area contributed by atoms with Crippen molar-refractivity contribution in [1.29, 1.82) is 0 Å². The van der Waals surface area contributed by atoms with E-state index in [9.17, 15) is 0 Å². The van der Waals surface area contributed by atoms with Gasteiger partial charge >= 0.3 is 0 Å². The third-order valence-electron chi connectivity index (χ3n) is 3.68. The summed E-state index contributed by atoms with van der Waals surface area (Å²) in [6, 6.07) is 8.88. The van der Waals surface area contributed by atoms with Gasteiger partial charge in [0.2, 0.25) is 0 Å². The van der Waals surface area contributed by atoms with Gasteiger partial charge in [-0.15, -0.1) is 0 Å². The van der Waals surface area contributed by atoms with Crippen molar-refractivity contribution < 1.29 is 0 Å². The number of benzene rings is 1. The van der Waals surface area contributed by atoms with Crippen LogP contribution in [0.2, 0.25) is 0 Å². The van der Waals surface area contributed by atoms with Gasteiger partial charge in [-0.2, -0.15) is 5.10 Å². The maximum Gasteiger partial charge on any atom is 0.138 e. The van der Waals surface area contributed by atoms with E-state index < -0.39 is 0 Å². The molecular weight excluding hydrogens is 248 g/mol. The van der Waals surface area contributed by atoms with Crippen LogP contribution in [0.3, 0.4) is 0 Å². The summed E-state index contributed by atoms with van der Waals surface area (Å²) in [6.07, 6.45) is 2.44. The predicted octanol–water partition coefficient (Wildman–Crippen LogP) is 2.62. The normalized spacial score (nSPS) is 13.4. The first kappa shape index (κ1) is 14.7. The highest BCUT2D eigenvalue weighted by Crippen LogP contribution is 2.30. The summed E-state index contributed by atoms with van der Waals surface area (Å²) in [5.41, 5.74) is 2.85. The highest BCUT2D eigenvalue weighted by Gasteiger charge is 2.22. The molecule has 1 aromatic heterocycles. The molecule has 0 amide bonds. The highest BCUT2D eigenvalue weighted by atomic mass is 15.3. The number of hydrogen-bond donors (Lipinski definition) is 1. The molecule has 0 saturated carbocycles. The van der Waals surface area contributed by atoms with Crippen molar-refractivity contribution >= 4 is 0 Å². The SMILES string of the molecule is CNC(Cc1ncnn1C)c1ccccc1C(C)(C)C. The highest BCUT2D eigenvalue weighted by molar-refractivity contribution is 5.35. The molecule has 1 heterocycles. The molecule has 20 heavy (non-hydrogen) atoms. The van der Waals surface area contributed by atoms with Crippen molar-refractivity contribution in [1.82, 2.24) is 20.1 Å². The lowest BCUT2D eigenvalue weighted by molar-refractivity contribution is 0.521. The minimum atomic E-state index is 0.131. The number of nitrogens with one attached hydrogen (secondary N) is 1. The molecule has 4 nitrogen and oxygen atoms in total. The summed E-state index contributed by atoms with van der Waals surface area (Å²) in [6.45, 7) is 6.75. The summed E-state index contributed by atoms with van der Waals surface area (Å²) >= 11 is 0. The molecular formula is C16H24N4. The lowest BCUT2D eigenvalue weighted by atomic mass is 9.81. The van der Waals surface area contributed by atoms with Crippen molar-refractivity contribution in [2.24, 2.45) is 7.05 Å². The van der Waals surface area contributed by atoms with Gasteiger partial charge in [0, 0.05) is 19.5 Å². The fourth-order valence-corrected chi connectivity index (χ4v) is 2.54. The first-order valence-electron chi connectivity index (χ1n) is 7.03. The maximum absolute atomic E-state index is 4.33. The van der Waals surface area contributed by atoms with Crippen LogP contribution in [0.4, 0.5) is 0 Å². The average molecular weight is 272 g/mol. The Bertz CT molecular complexity index is 566. The van der Waals surface area contributed by atoms with E-state index in [1.165, 1.54) is 11.1 Å². The van der Waals surface area contributed by atoms with Crippen LogP contribution in [0.5, 0.6) is 0 Å². The number of nitrogens with zero attached hydrogens (tertiary/aromatic N) is 3. The zero-order valence-electron chi connectivity index (χ0n) is 13.0. The van der Waals surface area contributed by atoms with Crippen molar-refractivity contribution in [2.75, 3.05) is 7.05 Å². The molecule has 108 valence electrons. The lowest BCUT2D eigenvalue weighted by Crippen LogP contribution is -2.25. The van der Waals surface area contributed by atoms with Crippen molar-refractivity contribution in [3.8, 4) is 0 Å². The van der Waals surface area contributed by atoms with Crippen molar-refractivity contribution in [3.05, 3.63) is 47.5 Å². The van der Waals surface area contributed by atoms with Crippen LogP contribution in [-0.4, -0.2) is 21.8 Å². The zero-order valence-corrected chi connectivity index (χ0v) is 13.0. The monoisotopic (exact) mass is 272 g/mol. The number of rotatable bonds is 4. The Morgan fingerprint density at radius 3 is 2.50 bits per heavy atom. The topological polar surface area (TPSA) is 42.7 Å². The van der Waals surface area contributed by atoms with E-state index in [-0.39, 0.29) is 11.5 Å². The molecule has 2 rings (SSSR count). The third kappa shape index (κ3) is 3.07. The molecule has 0 aliphatic heterocycles. The van der Waals surface area contributed by atoms with Crippen LogP contribution in [0.15, 0.2) is 30.6 Å². The van der Waals surface area contributed by atoms with Crippen LogP contribution in [-0.2, 0) is 18.9 Å². The van der Waals surface area contributed by atoms with E-state index in [2.05, 4.69) is 60.4 Å². The summed E-state index contributed by atoms with van der Waals surface area (Å²) in [5.74, 6) is 0.994. The van der Waals surface area contributed by atoms with Gasteiger partial charge in [0.05, 0.1) is 0 Å². The molecule has 1 atom stereocenters. The Balaban J connectivity index is 2.35. The van der Waals surface area contributed by atoms with Crippen molar-refractivity contribution in [3.63, 3.8) is 0 Å². The van der Waals surface area contributed by atoms with Gasteiger partial charge in [-0.1, -0.05) is 45.0 Å². The minimum Gasteiger partial charge on any atom is -0.313 e. The molecule has 1 N–H and O–H groups in total. The summed E-state index contributed by atoms with van der Waals surface area (Å²) in [5, 5.41) is 7.56. The van der Waals surface area contributed by atoms with Gasteiger partial charge in [-0.25, -0.2) is 4.98 Å². The molecule has 0 aliphatic carbocycles. The minimum absolute atomic E-state index is 0.131. The van der Waals surface area contributed by atoms with E-state index in [0.29, 0.717) is 0 Å². The van der Waals surface area contributed by atoms with Crippen molar-refractivity contribution in [2.45, 2.75) is 38.6 Å². The average Bonchev–Trinajstić information content (AvgIpc) is 2.80. The summed E-state index contributed by atoms with van der Waals surface area (Å²) in [4.78, 5) is 4.33.